The minimum Gasteiger partial charge on any atom is -0.484 e. The van der Waals surface area contributed by atoms with Crippen LogP contribution < -0.4 is 26.2 Å². The van der Waals surface area contributed by atoms with Crippen molar-refractivity contribution in [2.45, 2.75) is 25.3 Å². The van der Waals surface area contributed by atoms with E-state index in [0.717, 1.165) is 35.5 Å². The number of amides is 2. The first kappa shape index (κ1) is 17.5. The Morgan fingerprint density at radius 1 is 1.19 bits per heavy atom. The minimum absolute atomic E-state index is 0.0290. The number of rotatable bonds is 5. The lowest BCUT2D eigenvalue weighted by atomic mass is 10.0. The first-order chi connectivity index (χ1) is 13.2. The Labute approximate surface area is 157 Å². The molecule has 2 amide bonds. The Morgan fingerprint density at radius 2 is 2.11 bits per heavy atom. The van der Waals surface area contributed by atoms with Gasteiger partial charge in [0.05, 0.1) is 0 Å². The number of carbonyl (C=O) groups is 2. The van der Waals surface area contributed by atoms with Crippen LogP contribution in [0.2, 0.25) is 0 Å². The van der Waals surface area contributed by atoms with E-state index in [2.05, 4.69) is 21.5 Å². The van der Waals surface area contributed by atoms with Gasteiger partial charge in [0.1, 0.15) is 5.75 Å². The molecule has 0 aromatic heterocycles. The molecule has 1 saturated heterocycles. The number of ether oxygens (including phenoxy) is 1. The number of hydrazine groups is 1. The summed E-state index contributed by atoms with van der Waals surface area (Å²) in [5, 5.41) is 5.70. The Hall–Kier alpha value is -2.90. The molecule has 2 aliphatic rings. The van der Waals surface area contributed by atoms with E-state index in [-0.39, 0.29) is 24.5 Å². The molecule has 4 N–H and O–H groups in total. The van der Waals surface area contributed by atoms with E-state index < -0.39 is 0 Å². The molecule has 4 rings (SSSR count). The Balaban J connectivity index is 1.33. The topological polar surface area (TPSA) is 91.5 Å². The fraction of sp³-hybridized carbons (Fsp3) is 0.300. The first-order valence-corrected chi connectivity index (χ1v) is 9.11. The molecule has 0 saturated carbocycles. The van der Waals surface area contributed by atoms with Crippen molar-refractivity contribution in [2.24, 2.45) is 0 Å². The maximum atomic E-state index is 12.2. The molecular formula is C20H22N4O3. The molecule has 0 bridgehead atoms. The second-order valence-corrected chi connectivity index (χ2v) is 6.74. The molecule has 2 aliphatic heterocycles. The Morgan fingerprint density at radius 3 is 2.96 bits per heavy atom. The van der Waals surface area contributed by atoms with Gasteiger partial charge in [0, 0.05) is 30.4 Å². The zero-order valence-corrected chi connectivity index (χ0v) is 14.9. The third-order valence-corrected chi connectivity index (χ3v) is 4.75. The third kappa shape index (κ3) is 4.27. The maximum absolute atomic E-state index is 12.2. The van der Waals surface area contributed by atoms with E-state index in [0.29, 0.717) is 18.6 Å². The van der Waals surface area contributed by atoms with Crippen LogP contribution in [0.25, 0.3) is 0 Å². The molecule has 27 heavy (non-hydrogen) atoms. The Kier molecular flexibility index (Phi) is 5.04. The highest BCUT2D eigenvalue weighted by molar-refractivity contribution is 5.94. The van der Waals surface area contributed by atoms with Crippen LogP contribution in [0.4, 0.5) is 11.4 Å². The van der Waals surface area contributed by atoms with Crippen molar-refractivity contribution < 1.29 is 14.3 Å². The first-order valence-electron chi connectivity index (χ1n) is 9.11. The predicted octanol–water partition coefficient (Wildman–Crippen LogP) is 2.13. The van der Waals surface area contributed by atoms with E-state index in [1.54, 1.807) is 6.07 Å². The molecule has 1 unspecified atom stereocenters. The van der Waals surface area contributed by atoms with Crippen molar-refractivity contribution in [2.75, 3.05) is 23.8 Å². The number of benzene rings is 2. The molecule has 0 spiro atoms. The van der Waals surface area contributed by atoms with Gasteiger partial charge in [-0.2, -0.15) is 0 Å². The summed E-state index contributed by atoms with van der Waals surface area (Å²) >= 11 is 0. The molecule has 2 heterocycles. The van der Waals surface area contributed by atoms with Crippen LogP contribution in [-0.2, 0) is 16.0 Å². The average molecular weight is 366 g/mol. The monoisotopic (exact) mass is 366 g/mol. The van der Waals surface area contributed by atoms with Crippen LogP contribution in [0.15, 0.2) is 42.5 Å². The van der Waals surface area contributed by atoms with Gasteiger partial charge in [-0.15, -0.1) is 0 Å². The fourth-order valence-electron chi connectivity index (χ4n) is 3.36. The van der Waals surface area contributed by atoms with Gasteiger partial charge >= 0.3 is 0 Å². The van der Waals surface area contributed by atoms with Gasteiger partial charge in [0.25, 0.3) is 5.91 Å². The van der Waals surface area contributed by atoms with E-state index in [4.69, 9.17) is 4.74 Å². The SMILES string of the molecule is O=C(COc1ccc2c(c1)CCC(=O)N2)Nc1cccc(C2CCNN2)c1. The van der Waals surface area contributed by atoms with E-state index >= 15 is 0 Å². The largest absolute Gasteiger partial charge is 0.484 e. The summed E-state index contributed by atoms with van der Waals surface area (Å²) in [6.07, 6.45) is 2.17. The number of hydrogen-bond acceptors (Lipinski definition) is 5. The lowest BCUT2D eigenvalue weighted by Crippen LogP contribution is -2.25. The van der Waals surface area contributed by atoms with Crippen LogP contribution in [0.1, 0.15) is 30.0 Å². The average Bonchev–Trinajstić information content (AvgIpc) is 3.21. The molecule has 7 heteroatoms. The van der Waals surface area contributed by atoms with Gasteiger partial charge in [-0.05, 0) is 54.3 Å². The van der Waals surface area contributed by atoms with Gasteiger partial charge in [-0.25, -0.2) is 0 Å². The summed E-state index contributed by atoms with van der Waals surface area (Å²) in [4.78, 5) is 23.6. The van der Waals surface area contributed by atoms with Gasteiger partial charge in [-0.3, -0.25) is 20.4 Å². The predicted molar refractivity (Wildman–Crippen MR) is 102 cm³/mol. The summed E-state index contributed by atoms with van der Waals surface area (Å²) in [7, 11) is 0. The molecule has 140 valence electrons. The van der Waals surface area contributed by atoms with Crippen molar-refractivity contribution >= 4 is 23.2 Å². The van der Waals surface area contributed by atoms with E-state index in [1.807, 2.05) is 36.4 Å². The molecule has 1 atom stereocenters. The molecule has 2 aromatic rings. The Bertz CT molecular complexity index is 862. The number of anilines is 2. The number of aryl methyl sites for hydroxylation is 1. The third-order valence-electron chi connectivity index (χ3n) is 4.75. The van der Waals surface area contributed by atoms with Crippen molar-refractivity contribution in [1.29, 1.82) is 0 Å². The summed E-state index contributed by atoms with van der Waals surface area (Å²) in [6.45, 7) is 0.859. The van der Waals surface area contributed by atoms with Crippen LogP contribution in [0, 0.1) is 0 Å². The summed E-state index contributed by atoms with van der Waals surface area (Å²) in [6, 6.07) is 13.5. The molecule has 0 aliphatic carbocycles. The van der Waals surface area contributed by atoms with Crippen molar-refractivity contribution in [3.8, 4) is 5.75 Å². The summed E-state index contributed by atoms with van der Waals surface area (Å²) in [5.74, 6) is 0.437. The zero-order valence-electron chi connectivity index (χ0n) is 14.9. The molecule has 1 fully saturated rings. The standard InChI is InChI=1S/C20H22N4O3/c25-19-7-4-14-11-16(5-6-17(14)23-19)27-12-20(26)22-15-3-1-2-13(10-15)18-8-9-21-24-18/h1-3,5-6,10-11,18,21,24H,4,7-9,12H2,(H,22,26)(H,23,25). The number of nitrogens with one attached hydrogen (secondary N) is 4. The molecule has 0 radical (unpaired) electrons. The lowest BCUT2D eigenvalue weighted by Gasteiger charge is -2.17. The highest BCUT2D eigenvalue weighted by Crippen LogP contribution is 2.27. The smallest absolute Gasteiger partial charge is 0.262 e. The summed E-state index contributed by atoms with van der Waals surface area (Å²) in [5.41, 5.74) is 10.1. The molecular weight excluding hydrogens is 344 g/mol. The van der Waals surface area contributed by atoms with Crippen molar-refractivity contribution in [3.63, 3.8) is 0 Å². The van der Waals surface area contributed by atoms with Crippen LogP contribution in [-0.4, -0.2) is 25.0 Å². The van der Waals surface area contributed by atoms with Crippen molar-refractivity contribution in [3.05, 3.63) is 53.6 Å². The van der Waals surface area contributed by atoms with Crippen LogP contribution >= 0.6 is 0 Å². The second kappa shape index (κ2) is 7.77. The molecule has 7 nitrogen and oxygen atoms in total. The number of fused-ring (bicyclic) bond motifs is 1. The van der Waals surface area contributed by atoms with Gasteiger partial charge in [0.2, 0.25) is 5.91 Å². The minimum atomic E-state index is -0.212. The highest BCUT2D eigenvalue weighted by Gasteiger charge is 2.17. The molecule has 2 aromatic carbocycles. The quantitative estimate of drug-likeness (QED) is 0.651. The van der Waals surface area contributed by atoms with Gasteiger partial charge in [0.15, 0.2) is 6.61 Å². The van der Waals surface area contributed by atoms with E-state index in [9.17, 15) is 9.59 Å². The van der Waals surface area contributed by atoms with E-state index in [1.165, 1.54) is 0 Å². The lowest BCUT2D eigenvalue weighted by molar-refractivity contribution is -0.118. The summed E-state index contributed by atoms with van der Waals surface area (Å²) < 4.78 is 5.62. The number of hydrogen-bond donors (Lipinski definition) is 4. The number of carbonyl (C=O) groups excluding carboxylic acids is 2. The van der Waals surface area contributed by atoms with Crippen molar-refractivity contribution in [1.82, 2.24) is 10.9 Å². The van der Waals surface area contributed by atoms with Crippen LogP contribution in [0.3, 0.4) is 0 Å². The normalized spacial score (nSPS) is 18.5. The highest BCUT2D eigenvalue weighted by atomic mass is 16.5. The van der Waals surface area contributed by atoms with Gasteiger partial charge in [-0.1, -0.05) is 12.1 Å². The van der Waals surface area contributed by atoms with Crippen LogP contribution in [0.5, 0.6) is 5.75 Å². The zero-order chi connectivity index (χ0) is 18.6. The maximum Gasteiger partial charge on any atom is 0.262 e. The van der Waals surface area contributed by atoms with Gasteiger partial charge < -0.3 is 15.4 Å². The second-order valence-electron chi connectivity index (χ2n) is 6.74. The fourth-order valence-corrected chi connectivity index (χ4v) is 3.36.